The topological polar surface area (TPSA) is 70.2 Å². The van der Waals surface area contributed by atoms with Crippen LogP contribution in [0.5, 0.6) is 5.75 Å². The lowest BCUT2D eigenvalue weighted by molar-refractivity contribution is 0.0930. The largest absolute Gasteiger partial charge is 0.496 e. The monoisotopic (exact) mass is 391 g/mol. The van der Waals surface area contributed by atoms with Crippen molar-refractivity contribution in [2.75, 3.05) is 7.11 Å². The molecule has 140 valence electrons. The van der Waals surface area contributed by atoms with E-state index in [1.807, 2.05) is 36.4 Å². The third-order valence-corrected chi connectivity index (χ3v) is 5.06. The Morgan fingerprint density at radius 1 is 1.07 bits per heavy atom. The van der Waals surface area contributed by atoms with Crippen LogP contribution >= 0.6 is 11.8 Å². The van der Waals surface area contributed by atoms with Gasteiger partial charge in [-0.2, -0.15) is 9.67 Å². The molecule has 4 rings (SSSR count). The number of hydrogen-bond acceptors (Lipinski definition) is 6. The highest BCUT2D eigenvalue weighted by atomic mass is 32.2. The first-order valence-electron chi connectivity index (χ1n) is 8.61. The Hall–Kier alpha value is -3.32. The standard InChI is InChI=1S/C21H17N3O3S/c1-26-17-11-6-5-10-16(17)20(25)24-21(28-14-15-8-3-2-4-9-15)22-19(23-24)18-12-7-13-27-18/h2-13H,14H2,1H3. The molecule has 0 bridgehead atoms. The highest BCUT2D eigenvalue weighted by molar-refractivity contribution is 7.98. The SMILES string of the molecule is COc1ccccc1C(=O)n1nc(-c2ccco2)nc1SCc1ccccc1. The normalized spacial score (nSPS) is 10.8. The van der Waals surface area contributed by atoms with Crippen LogP contribution in [0.15, 0.2) is 82.6 Å². The molecule has 2 aromatic carbocycles. The number of benzene rings is 2. The third kappa shape index (κ3) is 3.70. The molecular weight excluding hydrogens is 374 g/mol. The predicted molar refractivity (Wildman–Crippen MR) is 106 cm³/mol. The number of para-hydroxylation sites is 1. The number of carbonyl (C=O) groups is 1. The van der Waals surface area contributed by atoms with Gasteiger partial charge in [0.2, 0.25) is 5.82 Å². The van der Waals surface area contributed by atoms with E-state index in [-0.39, 0.29) is 5.91 Å². The molecule has 0 spiro atoms. The van der Waals surface area contributed by atoms with E-state index in [1.54, 1.807) is 36.6 Å². The summed E-state index contributed by atoms with van der Waals surface area (Å²) >= 11 is 1.44. The molecule has 2 aromatic heterocycles. The van der Waals surface area contributed by atoms with Crippen LogP contribution < -0.4 is 4.74 Å². The molecule has 7 heteroatoms. The summed E-state index contributed by atoms with van der Waals surface area (Å²) in [6, 6.07) is 20.6. The lowest BCUT2D eigenvalue weighted by atomic mass is 10.2. The van der Waals surface area contributed by atoms with Gasteiger partial charge in [0.05, 0.1) is 18.9 Å². The fourth-order valence-electron chi connectivity index (χ4n) is 2.69. The van der Waals surface area contributed by atoms with Gasteiger partial charge in [0.1, 0.15) is 5.75 Å². The van der Waals surface area contributed by atoms with Crippen LogP contribution in [-0.2, 0) is 5.75 Å². The maximum Gasteiger partial charge on any atom is 0.284 e. The predicted octanol–water partition coefficient (Wildman–Crippen LogP) is 4.53. The molecule has 28 heavy (non-hydrogen) atoms. The average molecular weight is 391 g/mol. The molecule has 4 aromatic rings. The summed E-state index contributed by atoms with van der Waals surface area (Å²) in [5, 5.41) is 4.89. The minimum atomic E-state index is -0.307. The molecule has 0 amide bonds. The number of rotatable bonds is 6. The number of ether oxygens (including phenoxy) is 1. The second-order valence-electron chi connectivity index (χ2n) is 5.89. The summed E-state index contributed by atoms with van der Waals surface area (Å²) in [5.41, 5.74) is 1.55. The number of nitrogens with zero attached hydrogens (tertiary/aromatic N) is 3. The highest BCUT2D eigenvalue weighted by Crippen LogP contribution is 2.27. The van der Waals surface area contributed by atoms with E-state index >= 15 is 0 Å². The van der Waals surface area contributed by atoms with Crippen molar-refractivity contribution < 1.29 is 13.9 Å². The van der Waals surface area contributed by atoms with E-state index in [9.17, 15) is 4.79 Å². The molecule has 0 unspecified atom stereocenters. The van der Waals surface area contributed by atoms with Crippen molar-refractivity contribution in [3.05, 3.63) is 84.1 Å². The molecule has 0 saturated heterocycles. The zero-order valence-electron chi connectivity index (χ0n) is 15.1. The molecular formula is C21H17N3O3S. The molecule has 0 N–H and O–H groups in total. The van der Waals surface area contributed by atoms with Crippen LogP contribution in [0.2, 0.25) is 0 Å². The maximum absolute atomic E-state index is 13.2. The molecule has 2 heterocycles. The summed E-state index contributed by atoms with van der Waals surface area (Å²) in [6.45, 7) is 0. The number of thioether (sulfide) groups is 1. The van der Waals surface area contributed by atoms with Gasteiger partial charge < -0.3 is 9.15 Å². The van der Waals surface area contributed by atoms with Gasteiger partial charge >= 0.3 is 0 Å². The summed E-state index contributed by atoms with van der Waals surface area (Å²) in [6.07, 6.45) is 1.55. The molecule has 0 atom stereocenters. The van der Waals surface area contributed by atoms with Gasteiger partial charge in [0.15, 0.2) is 10.9 Å². The minimum Gasteiger partial charge on any atom is -0.496 e. The Bertz CT molecular complexity index is 1080. The van der Waals surface area contributed by atoms with Gasteiger partial charge in [-0.15, -0.1) is 5.10 Å². The lowest BCUT2D eigenvalue weighted by Gasteiger charge is -2.08. The van der Waals surface area contributed by atoms with Crippen molar-refractivity contribution in [1.29, 1.82) is 0 Å². The second-order valence-corrected chi connectivity index (χ2v) is 6.83. The van der Waals surface area contributed by atoms with Crippen LogP contribution in [0.4, 0.5) is 0 Å². The van der Waals surface area contributed by atoms with Crippen LogP contribution in [0.25, 0.3) is 11.6 Å². The van der Waals surface area contributed by atoms with Gasteiger partial charge in [-0.3, -0.25) is 4.79 Å². The molecule has 6 nitrogen and oxygen atoms in total. The van der Waals surface area contributed by atoms with Gasteiger partial charge in [-0.1, -0.05) is 54.2 Å². The number of aromatic nitrogens is 3. The second kappa shape index (κ2) is 8.14. The van der Waals surface area contributed by atoms with Crippen LogP contribution in [-0.4, -0.2) is 27.8 Å². The van der Waals surface area contributed by atoms with E-state index < -0.39 is 0 Å². The van der Waals surface area contributed by atoms with E-state index in [2.05, 4.69) is 10.1 Å². The van der Waals surface area contributed by atoms with Gasteiger partial charge in [-0.25, -0.2) is 0 Å². The van der Waals surface area contributed by atoms with Crippen molar-refractivity contribution in [3.63, 3.8) is 0 Å². The van der Waals surface area contributed by atoms with E-state index in [1.165, 1.54) is 23.6 Å². The fraction of sp³-hybridized carbons (Fsp3) is 0.0952. The molecule has 0 aliphatic heterocycles. The number of methoxy groups -OCH3 is 1. The molecule has 0 saturated carbocycles. The van der Waals surface area contributed by atoms with Crippen LogP contribution in [0.1, 0.15) is 15.9 Å². The molecule has 0 aliphatic rings. The Kier molecular flexibility index (Phi) is 5.25. The van der Waals surface area contributed by atoms with Gasteiger partial charge in [0, 0.05) is 5.75 Å². The maximum atomic E-state index is 13.2. The minimum absolute atomic E-state index is 0.307. The van der Waals surface area contributed by atoms with Gasteiger partial charge in [0.25, 0.3) is 5.91 Å². The summed E-state index contributed by atoms with van der Waals surface area (Å²) in [7, 11) is 1.53. The third-order valence-electron chi connectivity index (χ3n) is 4.06. The summed E-state index contributed by atoms with van der Waals surface area (Å²) in [5.74, 6) is 1.72. The van der Waals surface area contributed by atoms with Crippen molar-refractivity contribution in [2.24, 2.45) is 0 Å². The van der Waals surface area contributed by atoms with E-state index in [0.29, 0.717) is 33.8 Å². The first kappa shape index (κ1) is 18.1. The van der Waals surface area contributed by atoms with Gasteiger partial charge in [-0.05, 0) is 29.8 Å². The Morgan fingerprint density at radius 2 is 1.86 bits per heavy atom. The zero-order chi connectivity index (χ0) is 19.3. The van der Waals surface area contributed by atoms with E-state index in [4.69, 9.17) is 9.15 Å². The smallest absolute Gasteiger partial charge is 0.284 e. The van der Waals surface area contributed by atoms with Crippen molar-refractivity contribution in [2.45, 2.75) is 10.9 Å². The first-order valence-corrected chi connectivity index (χ1v) is 9.60. The molecule has 0 aliphatic carbocycles. The van der Waals surface area contributed by atoms with E-state index in [0.717, 1.165) is 5.56 Å². The zero-order valence-corrected chi connectivity index (χ0v) is 15.9. The average Bonchev–Trinajstić information content (AvgIpc) is 3.42. The quantitative estimate of drug-likeness (QED) is 0.450. The molecule has 0 radical (unpaired) electrons. The highest BCUT2D eigenvalue weighted by Gasteiger charge is 2.22. The number of hydrogen-bond donors (Lipinski definition) is 0. The van der Waals surface area contributed by atoms with Crippen molar-refractivity contribution in [1.82, 2.24) is 14.8 Å². The Labute approximate surface area is 166 Å². The number of carbonyl (C=O) groups excluding carboxylic acids is 1. The number of furan rings is 1. The summed E-state index contributed by atoms with van der Waals surface area (Å²) < 4.78 is 12.0. The van der Waals surface area contributed by atoms with Crippen molar-refractivity contribution in [3.8, 4) is 17.3 Å². The summed E-state index contributed by atoms with van der Waals surface area (Å²) in [4.78, 5) is 17.7. The first-order chi connectivity index (χ1) is 13.8. The lowest BCUT2D eigenvalue weighted by Crippen LogP contribution is -2.16. The Morgan fingerprint density at radius 3 is 2.61 bits per heavy atom. The van der Waals surface area contributed by atoms with Crippen LogP contribution in [0.3, 0.4) is 0 Å². The van der Waals surface area contributed by atoms with Crippen LogP contribution in [0, 0.1) is 0 Å². The fourth-order valence-corrected chi connectivity index (χ4v) is 3.58. The Balaban J connectivity index is 1.71. The molecule has 0 fully saturated rings. The van der Waals surface area contributed by atoms with Crippen molar-refractivity contribution >= 4 is 17.7 Å².